The van der Waals surface area contributed by atoms with Gasteiger partial charge in [0, 0.05) is 55.7 Å². The molecule has 1 aliphatic rings. The van der Waals surface area contributed by atoms with E-state index < -0.39 is 33.4 Å². The summed E-state index contributed by atoms with van der Waals surface area (Å²) in [4.78, 5) is 36.3. The molecule has 2 amide bonds. The average molecular weight is 570 g/mol. The second-order valence-electron chi connectivity index (χ2n) is 9.02. The van der Waals surface area contributed by atoms with Crippen LogP contribution in [0.4, 0.5) is 18.9 Å². The number of aromatic nitrogens is 2. The highest BCUT2D eigenvalue weighted by molar-refractivity contribution is 7.93. The number of anilines is 1. The zero-order valence-corrected chi connectivity index (χ0v) is 21.6. The van der Waals surface area contributed by atoms with E-state index in [0.717, 1.165) is 12.1 Å². The highest BCUT2D eigenvalue weighted by Gasteiger charge is 2.36. The van der Waals surface area contributed by atoms with Gasteiger partial charge in [-0.2, -0.15) is 13.2 Å². The van der Waals surface area contributed by atoms with Crippen LogP contribution >= 0.6 is 0 Å². The topological polar surface area (TPSA) is 113 Å². The van der Waals surface area contributed by atoms with E-state index in [1.807, 2.05) is 4.72 Å². The molecule has 0 radical (unpaired) electrons. The van der Waals surface area contributed by atoms with Gasteiger partial charge in [-0.3, -0.25) is 24.3 Å². The molecule has 1 saturated heterocycles. The number of rotatable bonds is 5. The zero-order chi connectivity index (χ0) is 28.5. The Kier molecular flexibility index (Phi) is 7.15. The molecule has 0 saturated carbocycles. The number of para-hydroxylation sites is 1. The van der Waals surface area contributed by atoms with E-state index in [4.69, 9.17) is 0 Å². The molecule has 0 bridgehead atoms. The highest BCUT2D eigenvalue weighted by atomic mass is 32.2. The maximum Gasteiger partial charge on any atom is 0.418 e. The van der Waals surface area contributed by atoms with Crippen molar-refractivity contribution in [3.63, 3.8) is 0 Å². The summed E-state index contributed by atoms with van der Waals surface area (Å²) in [5, 5.41) is 0.504. The van der Waals surface area contributed by atoms with Gasteiger partial charge >= 0.3 is 6.18 Å². The third-order valence-corrected chi connectivity index (χ3v) is 7.86. The van der Waals surface area contributed by atoms with Crippen molar-refractivity contribution in [1.82, 2.24) is 19.8 Å². The van der Waals surface area contributed by atoms with Crippen LogP contribution in [0.3, 0.4) is 0 Å². The molecule has 1 N–H and O–H groups in total. The summed E-state index contributed by atoms with van der Waals surface area (Å²) in [6.07, 6.45) is -0.595. The van der Waals surface area contributed by atoms with Gasteiger partial charge in [-0.1, -0.05) is 18.2 Å². The van der Waals surface area contributed by atoms with Crippen LogP contribution in [-0.2, 0) is 16.2 Å². The summed E-state index contributed by atoms with van der Waals surface area (Å²) in [5.41, 5.74) is -1.77. The van der Waals surface area contributed by atoms with Crippen molar-refractivity contribution < 1.29 is 31.2 Å². The van der Waals surface area contributed by atoms with Gasteiger partial charge in [-0.15, -0.1) is 0 Å². The van der Waals surface area contributed by atoms with Crippen LogP contribution in [0.5, 0.6) is 0 Å². The van der Waals surface area contributed by atoms with Crippen molar-refractivity contribution in [2.24, 2.45) is 0 Å². The number of halogens is 3. The Balaban J connectivity index is 1.36. The first-order valence-electron chi connectivity index (χ1n) is 12.1. The zero-order valence-electron chi connectivity index (χ0n) is 20.8. The van der Waals surface area contributed by atoms with Crippen LogP contribution in [0.25, 0.3) is 10.9 Å². The molecule has 5 rings (SSSR count). The monoisotopic (exact) mass is 569 g/mol. The van der Waals surface area contributed by atoms with E-state index >= 15 is 0 Å². The number of amides is 2. The second-order valence-corrected chi connectivity index (χ2v) is 10.7. The Morgan fingerprint density at radius 2 is 1.48 bits per heavy atom. The van der Waals surface area contributed by atoms with Crippen molar-refractivity contribution in [3.05, 3.63) is 95.9 Å². The average Bonchev–Trinajstić information content (AvgIpc) is 2.96. The van der Waals surface area contributed by atoms with Crippen LogP contribution in [-0.4, -0.2) is 66.2 Å². The first-order chi connectivity index (χ1) is 19.0. The van der Waals surface area contributed by atoms with Gasteiger partial charge in [-0.05, 0) is 42.5 Å². The van der Waals surface area contributed by atoms with Crippen molar-refractivity contribution in [3.8, 4) is 0 Å². The minimum atomic E-state index is -4.96. The normalized spacial score (nSPS) is 14.3. The van der Waals surface area contributed by atoms with Gasteiger partial charge in [0.2, 0.25) is 0 Å². The fraction of sp³-hybridized carbons (Fsp3) is 0.185. The molecule has 40 heavy (non-hydrogen) atoms. The predicted octanol–water partition coefficient (Wildman–Crippen LogP) is 4.05. The molecule has 1 aliphatic heterocycles. The molecular weight excluding hydrogens is 547 g/mol. The number of fused-ring (bicyclic) bond motifs is 1. The number of nitrogens with one attached hydrogen (secondary N) is 1. The number of piperazine rings is 1. The lowest BCUT2D eigenvalue weighted by atomic mass is 10.1. The smallest absolute Gasteiger partial charge is 0.335 e. The maximum atomic E-state index is 14.0. The summed E-state index contributed by atoms with van der Waals surface area (Å²) in [6.45, 7) is 0.633. The lowest BCUT2D eigenvalue weighted by molar-refractivity contribution is -0.136. The molecule has 0 aliphatic carbocycles. The van der Waals surface area contributed by atoms with E-state index in [0.29, 0.717) is 17.0 Å². The molecule has 0 atom stereocenters. The van der Waals surface area contributed by atoms with Crippen LogP contribution < -0.4 is 4.72 Å². The standard InChI is InChI=1S/C27H22F3N5O4S/c28-27(29,30)21-16-19(25(36)34-12-14-35(15-13-34)26(37)20-6-2-10-31-17-20)8-9-22(21)33-40(38,39)23-7-1-4-18-5-3-11-32-24(18)23/h1-11,16-17,33H,12-15H2. The Morgan fingerprint density at radius 1 is 0.825 bits per heavy atom. The van der Waals surface area contributed by atoms with Crippen molar-refractivity contribution >= 4 is 38.4 Å². The number of alkyl halides is 3. The summed E-state index contributed by atoms with van der Waals surface area (Å²) >= 11 is 0. The third kappa shape index (κ3) is 5.45. The van der Waals surface area contributed by atoms with E-state index in [1.54, 1.807) is 41.4 Å². The molecule has 4 aromatic rings. The molecule has 3 heterocycles. The molecule has 0 spiro atoms. The summed E-state index contributed by atoms with van der Waals surface area (Å²) < 4.78 is 70.4. The number of carbonyl (C=O) groups excluding carboxylic acids is 2. The maximum absolute atomic E-state index is 14.0. The number of hydrogen-bond acceptors (Lipinski definition) is 6. The minimum absolute atomic E-state index is 0.110. The van der Waals surface area contributed by atoms with Gasteiger partial charge in [0.25, 0.3) is 21.8 Å². The van der Waals surface area contributed by atoms with Gasteiger partial charge in [0.1, 0.15) is 4.90 Å². The van der Waals surface area contributed by atoms with Crippen LogP contribution in [0.2, 0.25) is 0 Å². The van der Waals surface area contributed by atoms with Crippen molar-refractivity contribution in [2.45, 2.75) is 11.1 Å². The van der Waals surface area contributed by atoms with E-state index in [9.17, 15) is 31.2 Å². The molecule has 206 valence electrons. The number of hydrogen-bond donors (Lipinski definition) is 1. The lowest BCUT2D eigenvalue weighted by Crippen LogP contribution is -2.50. The quantitative estimate of drug-likeness (QED) is 0.388. The second kappa shape index (κ2) is 10.6. The number of sulfonamides is 1. The molecule has 9 nitrogen and oxygen atoms in total. The Hall–Kier alpha value is -4.52. The number of carbonyl (C=O) groups is 2. The van der Waals surface area contributed by atoms with Gasteiger partial charge in [-0.25, -0.2) is 8.42 Å². The predicted molar refractivity (Wildman–Crippen MR) is 140 cm³/mol. The summed E-state index contributed by atoms with van der Waals surface area (Å²) in [7, 11) is -4.46. The Bertz CT molecular complexity index is 1680. The lowest BCUT2D eigenvalue weighted by Gasteiger charge is -2.35. The Morgan fingerprint density at radius 3 is 2.12 bits per heavy atom. The van der Waals surface area contributed by atoms with Crippen molar-refractivity contribution in [1.29, 1.82) is 0 Å². The van der Waals surface area contributed by atoms with Gasteiger partial charge in [0.05, 0.1) is 22.3 Å². The first-order valence-corrected chi connectivity index (χ1v) is 13.6. The molecule has 2 aromatic carbocycles. The largest absolute Gasteiger partial charge is 0.418 e. The SMILES string of the molecule is O=C(c1cccnc1)N1CCN(C(=O)c2ccc(NS(=O)(=O)c3cccc4cccnc34)c(C(F)(F)F)c2)CC1. The van der Waals surface area contributed by atoms with E-state index in [2.05, 4.69) is 9.97 Å². The van der Waals surface area contributed by atoms with E-state index in [-0.39, 0.29) is 48.1 Å². The fourth-order valence-electron chi connectivity index (χ4n) is 4.46. The molecule has 13 heteroatoms. The highest BCUT2D eigenvalue weighted by Crippen LogP contribution is 2.37. The van der Waals surface area contributed by atoms with E-state index in [1.165, 1.54) is 29.4 Å². The minimum Gasteiger partial charge on any atom is -0.335 e. The van der Waals surface area contributed by atoms with Gasteiger partial charge in [0.15, 0.2) is 0 Å². The fourth-order valence-corrected chi connectivity index (χ4v) is 5.72. The Labute approximate surface area is 227 Å². The number of benzene rings is 2. The molecular formula is C27H22F3N5O4S. The number of pyridine rings is 2. The van der Waals surface area contributed by atoms with Crippen LogP contribution in [0.15, 0.2) is 84.1 Å². The molecule has 0 unspecified atom stereocenters. The van der Waals surface area contributed by atoms with Crippen molar-refractivity contribution in [2.75, 3.05) is 30.9 Å². The summed E-state index contributed by atoms with van der Waals surface area (Å²) in [5.74, 6) is -0.913. The van der Waals surface area contributed by atoms with Crippen LogP contribution in [0.1, 0.15) is 26.3 Å². The number of nitrogens with zero attached hydrogens (tertiary/aromatic N) is 4. The third-order valence-electron chi connectivity index (χ3n) is 6.46. The van der Waals surface area contributed by atoms with Gasteiger partial charge < -0.3 is 9.80 Å². The molecule has 2 aromatic heterocycles. The molecule has 1 fully saturated rings. The summed E-state index contributed by atoms with van der Waals surface area (Å²) in [6, 6.07) is 13.6. The first kappa shape index (κ1) is 27.1. The van der Waals surface area contributed by atoms with Crippen LogP contribution in [0, 0.1) is 0 Å².